The summed E-state index contributed by atoms with van der Waals surface area (Å²) in [5, 5.41) is 3.21. The number of furan rings is 1. The maximum absolute atomic E-state index is 13.7. The molecule has 172 valence electrons. The fourth-order valence-electron chi connectivity index (χ4n) is 4.38. The zero-order valence-electron chi connectivity index (χ0n) is 19.2. The van der Waals surface area contributed by atoms with Gasteiger partial charge in [0.2, 0.25) is 5.91 Å². The molecule has 1 N–H and O–H groups in total. The highest BCUT2D eigenvalue weighted by Crippen LogP contribution is 2.29. The lowest BCUT2D eigenvalue weighted by Crippen LogP contribution is -2.45. The first kappa shape index (κ1) is 22.6. The van der Waals surface area contributed by atoms with Gasteiger partial charge >= 0.3 is 0 Å². The summed E-state index contributed by atoms with van der Waals surface area (Å²) in [5.41, 5.74) is 2.74. The van der Waals surface area contributed by atoms with Crippen LogP contribution in [0.4, 0.5) is 5.69 Å². The molecule has 1 aliphatic rings. The van der Waals surface area contributed by atoms with Crippen molar-refractivity contribution in [2.24, 2.45) is 0 Å². The van der Waals surface area contributed by atoms with Gasteiger partial charge in [-0.1, -0.05) is 55.3 Å². The van der Waals surface area contributed by atoms with Crippen molar-refractivity contribution in [1.82, 2.24) is 10.2 Å². The molecule has 1 atom stereocenters. The summed E-state index contributed by atoms with van der Waals surface area (Å²) < 4.78 is 5.43. The average molecular weight is 446 g/mol. The Labute approximate surface area is 195 Å². The fraction of sp³-hybridized carbons (Fsp3) is 0.333. The molecule has 0 bridgehead atoms. The monoisotopic (exact) mass is 445 g/mol. The number of carbonyl (C=O) groups is 2. The third kappa shape index (κ3) is 5.45. The number of rotatable bonds is 8. The second kappa shape index (κ2) is 10.4. The van der Waals surface area contributed by atoms with Crippen LogP contribution in [0.1, 0.15) is 53.4 Å². The number of hydrogen-bond acceptors (Lipinski definition) is 4. The molecule has 0 saturated heterocycles. The topological polar surface area (TPSA) is 65.8 Å². The minimum absolute atomic E-state index is 0.151. The largest absolute Gasteiger partial charge is 0.459 e. The number of nitrogens with one attached hydrogen (secondary N) is 1. The van der Waals surface area contributed by atoms with E-state index in [9.17, 15) is 9.59 Å². The molecule has 2 aromatic carbocycles. The van der Waals surface area contributed by atoms with Crippen molar-refractivity contribution in [1.29, 1.82) is 0 Å². The van der Waals surface area contributed by atoms with Gasteiger partial charge in [0.25, 0.3) is 5.91 Å². The van der Waals surface area contributed by atoms with E-state index in [4.69, 9.17) is 4.42 Å². The molecule has 1 aromatic heterocycles. The van der Waals surface area contributed by atoms with Gasteiger partial charge in [0.1, 0.15) is 6.04 Å². The smallest absolute Gasteiger partial charge is 0.290 e. The van der Waals surface area contributed by atoms with E-state index in [0.717, 1.165) is 42.5 Å². The molecule has 6 heteroatoms. The van der Waals surface area contributed by atoms with Crippen LogP contribution in [0.5, 0.6) is 0 Å². The molecule has 0 radical (unpaired) electrons. The Bertz CT molecular complexity index is 1040. The minimum Gasteiger partial charge on any atom is -0.459 e. The number of benzene rings is 2. The van der Waals surface area contributed by atoms with Crippen LogP contribution >= 0.6 is 0 Å². The summed E-state index contributed by atoms with van der Waals surface area (Å²) in [5.74, 6) is -0.253. The lowest BCUT2D eigenvalue weighted by atomic mass is 10.0. The molecular formula is C27H31N3O3. The molecule has 0 unspecified atom stereocenters. The molecule has 33 heavy (non-hydrogen) atoms. The number of anilines is 1. The Hall–Kier alpha value is -3.54. The first-order valence-corrected chi connectivity index (χ1v) is 11.5. The fourth-order valence-corrected chi connectivity index (χ4v) is 4.38. The van der Waals surface area contributed by atoms with Gasteiger partial charge in [0.05, 0.1) is 6.26 Å². The zero-order valence-corrected chi connectivity index (χ0v) is 19.2. The molecule has 6 nitrogen and oxygen atoms in total. The van der Waals surface area contributed by atoms with Crippen LogP contribution in [0.3, 0.4) is 0 Å². The lowest BCUT2D eigenvalue weighted by molar-refractivity contribution is -0.126. The van der Waals surface area contributed by atoms with Gasteiger partial charge in [-0.3, -0.25) is 9.59 Å². The lowest BCUT2D eigenvalue weighted by Gasteiger charge is -2.32. The Morgan fingerprint density at radius 1 is 0.970 bits per heavy atom. The number of amides is 2. The summed E-state index contributed by atoms with van der Waals surface area (Å²) in [7, 11) is 3.95. The number of carbonyl (C=O) groups excluding carboxylic acids is 2. The Morgan fingerprint density at radius 3 is 2.27 bits per heavy atom. The molecule has 0 aliphatic heterocycles. The maximum Gasteiger partial charge on any atom is 0.290 e. The van der Waals surface area contributed by atoms with E-state index in [1.54, 1.807) is 17.0 Å². The molecule has 3 aromatic rings. The third-order valence-electron chi connectivity index (χ3n) is 6.18. The highest BCUT2D eigenvalue weighted by Gasteiger charge is 2.34. The van der Waals surface area contributed by atoms with Crippen LogP contribution in [0, 0.1) is 0 Å². The van der Waals surface area contributed by atoms with E-state index >= 15 is 0 Å². The summed E-state index contributed by atoms with van der Waals surface area (Å²) >= 11 is 0. The van der Waals surface area contributed by atoms with Crippen molar-refractivity contribution in [3.05, 3.63) is 89.9 Å². The van der Waals surface area contributed by atoms with Crippen molar-refractivity contribution >= 4 is 17.5 Å². The maximum atomic E-state index is 13.7. The van der Waals surface area contributed by atoms with Crippen molar-refractivity contribution in [2.45, 2.75) is 44.3 Å². The summed E-state index contributed by atoms with van der Waals surface area (Å²) in [4.78, 5) is 30.9. The quantitative estimate of drug-likeness (QED) is 0.542. The highest BCUT2D eigenvalue weighted by molar-refractivity contribution is 5.96. The molecule has 4 rings (SSSR count). The van der Waals surface area contributed by atoms with E-state index in [1.807, 2.05) is 73.6 Å². The summed E-state index contributed by atoms with van der Waals surface area (Å²) in [6, 6.07) is 20.2. The average Bonchev–Trinajstić information content (AvgIpc) is 3.54. The standard InChI is InChI=1S/C27H31N3O3/c1-29(2)23-16-14-21(15-17-23)25(26(31)28-22-11-6-7-12-22)30(19-20-9-4-3-5-10-20)27(32)24-13-8-18-33-24/h3-5,8-10,13-18,22,25H,6-7,11-12,19H2,1-2H3,(H,28,31)/t25-/m1/s1. The van der Waals surface area contributed by atoms with Gasteiger partial charge in [0, 0.05) is 32.4 Å². The normalized spacial score (nSPS) is 14.6. The Morgan fingerprint density at radius 2 is 1.67 bits per heavy atom. The van der Waals surface area contributed by atoms with Crippen molar-refractivity contribution in [2.75, 3.05) is 19.0 Å². The first-order valence-electron chi connectivity index (χ1n) is 11.5. The van der Waals surface area contributed by atoms with Crippen molar-refractivity contribution in [3.8, 4) is 0 Å². The van der Waals surface area contributed by atoms with Crippen LogP contribution in [-0.4, -0.2) is 36.9 Å². The molecule has 1 heterocycles. The second-order valence-electron chi connectivity index (χ2n) is 8.77. The van der Waals surface area contributed by atoms with Crippen molar-refractivity contribution < 1.29 is 14.0 Å². The van der Waals surface area contributed by atoms with E-state index in [0.29, 0.717) is 6.54 Å². The molecule has 1 fully saturated rings. The highest BCUT2D eigenvalue weighted by atomic mass is 16.3. The Kier molecular flexibility index (Phi) is 7.13. The summed E-state index contributed by atoms with van der Waals surface area (Å²) in [6.07, 6.45) is 5.66. The predicted octanol–water partition coefficient (Wildman–Crippen LogP) is 4.79. The number of nitrogens with zero attached hydrogens (tertiary/aromatic N) is 2. The SMILES string of the molecule is CN(C)c1ccc([C@H](C(=O)NC2CCCC2)N(Cc2ccccc2)C(=O)c2ccco2)cc1. The van der Waals surface area contributed by atoms with Crippen LogP contribution in [-0.2, 0) is 11.3 Å². The van der Waals surface area contributed by atoms with E-state index in [1.165, 1.54) is 6.26 Å². The van der Waals surface area contributed by atoms with Crippen LogP contribution in [0.2, 0.25) is 0 Å². The van der Waals surface area contributed by atoms with Gasteiger partial charge in [-0.15, -0.1) is 0 Å². The Balaban J connectivity index is 1.73. The molecule has 0 spiro atoms. The van der Waals surface area contributed by atoms with Crippen LogP contribution in [0.25, 0.3) is 0 Å². The third-order valence-corrected chi connectivity index (χ3v) is 6.18. The number of hydrogen-bond donors (Lipinski definition) is 1. The van der Waals surface area contributed by atoms with Gasteiger partial charge in [0.15, 0.2) is 5.76 Å². The van der Waals surface area contributed by atoms with Crippen LogP contribution in [0.15, 0.2) is 77.4 Å². The second-order valence-corrected chi connectivity index (χ2v) is 8.77. The van der Waals surface area contributed by atoms with Crippen LogP contribution < -0.4 is 10.2 Å². The molecule has 1 saturated carbocycles. The molecular weight excluding hydrogens is 414 g/mol. The molecule has 1 aliphatic carbocycles. The summed E-state index contributed by atoms with van der Waals surface area (Å²) in [6.45, 7) is 0.290. The molecule has 2 amide bonds. The van der Waals surface area contributed by atoms with Gasteiger partial charge < -0.3 is 19.5 Å². The van der Waals surface area contributed by atoms with Crippen molar-refractivity contribution in [3.63, 3.8) is 0 Å². The van der Waals surface area contributed by atoms with Gasteiger partial charge in [-0.2, -0.15) is 0 Å². The van der Waals surface area contributed by atoms with Gasteiger partial charge in [-0.05, 0) is 48.2 Å². The van der Waals surface area contributed by atoms with E-state index in [-0.39, 0.29) is 23.6 Å². The van der Waals surface area contributed by atoms with E-state index in [2.05, 4.69) is 5.32 Å². The first-order chi connectivity index (χ1) is 16.0. The zero-order chi connectivity index (χ0) is 23.2. The predicted molar refractivity (Wildman–Crippen MR) is 129 cm³/mol. The van der Waals surface area contributed by atoms with E-state index < -0.39 is 6.04 Å². The van der Waals surface area contributed by atoms with Gasteiger partial charge in [-0.25, -0.2) is 0 Å². The minimum atomic E-state index is -0.778.